The first kappa shape index (κ1) is 18.2. The lowest BCUT2D eigenvalue weighted by Crippen LogP contribution is -2.48. The van der Waals surface area contributed by atoms with Crippen LogP contribution in [0.5, 0.6) is 0 Å². The maximum absolute atomic E-state index is 12.5. The summed E-state index contributed by atoms with van der Waals surface area (Å²) in [4.78, 5) is 18.5. The normalized spacial score (nSPS) is 26.5. The first-order valence-electron chi connectivity index (χ1n) is 7.08. The van der Waals surface area contributed by atoms with Crippen molar-refractivity contribution in [2.75, 3.05) is 7.05 Å². The number of fused-ring (bicyclic) bond motifs is 2. The minimum Gasteiger partial charge on any atom is -0.339 e. The molecule has 4 nitrogen and oxygen atoms in total. The topological polar surface area (TPSA) is 45.2 Å². The highest BCUT2D eigenvalue weighted by Gasteiger charge is 2.36. The first-order chi connectivity index (χ1) is 9.13. The van der Waals surface area contributed by atoms with E-state index in [4.69, 9.17) is 0 Å². The van der Waals surface area contributed by atoms with Crippen molar-refractivity contribution >= 4 is 30.7 Å². The van der Waals surface area contributed by atoms with Crippen molar-refractivity contribution in [2.45, 2.75) is 50.7 Å². The number of halogens is 2. The van der Waals surface area contributed by atoms with E-state index in [1.54, 1.807) is 12.4 Å². The predicted molar refractivity (Wildman–Crippen MR) is 88.5 cm³/mol. The molecule has 0 aromatic carbocycles. The third-order valence-corrected chi connectivity index (χ3v) is 4.44. The van der Waals surface area contributed by atoms with E-state index in [0.29, 0.717) is 23.7 Å². The summed E-state index contributed by atoms with van der Waals surface area (Å²) < 4.78 is 0. The molecule has 1 aromatic heterocycles. The minimum atomic E-state index is 0. The number of hydrogen-bond donors (Lipinski definition) is 1. The predicted octanol–water partition coefficient (Wildman–Crippen LogP) is 2.59. The molecular formula is C15H23Cl2N3O. The van der Waals surface area contributed by atoms with Gasteiger partial charge < -0.3 is 10.2 Å². The monoisotopic (exact) mass is 331 g/mol. The zero-order chi connectivity index (χ0) is 13.4. The van der Waals surface area contributed by atoms with Gasteiger partial charge in [0.25, 0.3) is 5.91 Å². The Morgan fingerprint density at radius 2 is 1.86 bits per heavy atom. The number of hydrogen-bond acceptors (Lipinski definition) is 3. The van der Waals surface area contributed by atoms with Gasteiger partial charge in [-0.25, -0.2) is 0 Å². The lowest BCUT2D eigenvalue weighted by atomic mass is 9.98. The molecule has 2 saturated heterocycles. The number of rotatable bonds is 2. The van der Waals surface area contributed by atoms with Crippen LogP contribution in [0.2, 0.25) is 0 Å². The number of carbonyl (C=O) groups excluding carboxylic acids is 1. The summed E-state index contributed by atoms with van der Waals surface area (Å²) >= 11 is 0. The van der Waals surface area contributed by atoms with Gasteiger partial charge in [0.1, 0.15) is 0 Å². The molecule has 2 fully saturated rings. The summed E-state index contributed by atoms with van der Waals surface area (Å²) in [6.45, 7) is 1.97. The number of aromatic nitrogens is 1. The van der Waals surface area contributed by atoms with Gasteiger partial charge in [-0.1, -0.05) is 0 Å². The molecule has 1 aromatic rings. The molecule has 2 unspecified atom stereocenters. The van der Waals surface area contributed by atoms with Crippen LogP contribution in [0, 0.1) is 6.92 Å². The molecule has 1 N–H and O–H groups in total. The van der Waals surface area contributed by atoms with Gasteiger partial charge in [0.05, 0.1) is 5.56 Å². The quantitative estimate of drug-likeness (QED) is 0.905. The van der Waals surface area contributed by atoms with Crippen LogP contribution in [-0.4, -0.2) is 41.0 Å². The Kier molecular flexibility index (Phi) is 6.44. The molecule has 0 radical (unpaired) electrons. The summed E-state index contributed by atoms with van der Waals surface area (Å²) in [6.07, 6.45) is 8.13. The molecule has 2 aliphatic rings. The fourth-order valence-corrected chi connectivity index (χ4v) is 3.38. The number of pyridine rings is 1. The summed E-state index contributed by atoms with van der Waals surface area (Å²) in [5.74, 6) is 0.0995. The zero-order valence-electron chi connectivity index (χ0n) is 12.4. The van der Waals surface area contributed by atoms with Crippen LogP contribution in [0.15, 0.2) is 18.5 Å². The van der Waals surface area contributed by atoms with E-state index in [1.807, 2.05) is 24.9 Å². The summed E-state index contributed by atoms with van der Waals surface area (Å²) in [7, 11) is 1.93. The number of amides is 1. The van der Waals surface area contributed by atoms with Crippen molar-refractivity contribution in [3.05, 3.63) is 29.6 Å². The highest BCUT2D eigenvalue weighted by atomic mass is 35.5. The molecule has 2 atom stereocenters. The van der Waals surface area contributed by atoms with Gasteiger partial charge in [0.15, 0.2) is 0 Å². The standard InChI is InChI=1S/C15H21N3O.2ClH/c1-10-5-11(9-16-8-10)15(19)18(2)14-6-12-3-4-13(7-14)17-12;;/h5,8-9,12-14,17H,3-4,6-7H2,1-2H3;2*1H. The molecule has 1 amide bonds. The molecule has 0 spiro atoms. The van der Waals surface area contributed by atoms with Crippen LogP contribution in [0.4, 0.5) is 0 Å². The van der Waals surface area contributed by atoms with Gasteiger partial charge >= 0.3 is 0 Å². The van der Waals surface area contributed by atoms with Crippen molar-refractivity contribution in [3.8, 4) is 0 Å². The molecule has 118 valence electrons. The molecule has 3 heterocycles. The largest absolute Gasteiger partial charge is 0.339 e. The molecule has 3 rings (SSSR count). The second kappa shape index (κ2) is 7.43. The van der Waals surface area contributed by atoms with Gasteiger partial charge in [0, 0.05) is 37.6 Å². The smallest absolute Gasteiger partial charge is 0.255 e. The second-order valence-electron chi connectivity index (χ2n) is 5.93. The van der Waals surface area contributed by atoms with E-state index in [2.05, 4.69) is 10.3 Å². The lowest BCUT2D eigenvalue weighted by molar-refractivity contribution is 0.0681. The van der Waals surface area contributed by atoms with Crippen molar-refractivity contribution in [1.29, 1.82) is 0 Å². The van der Waals surface area contributed by atoms with E-state index in [0.717, 1.165) is 18.4 Å². The van der Waals surface area contributed by atoms with Crippen LogP contribution in [0.1, 0.15) is 41.6 Å². The number of carbonyl (C=O) groups is 1. The molecule has 0 aliphatic carbocycles. The average molecular weight is 332 g/mol. The van der Waals surface area contributed by atoms with Gasteiger partial charge in [-0.05, 0) is 44.2 Å². The maximum atomic E-state index is 12.5. The van der Waals surface area contributed by atoms with Crippen molar-refractivity contribution in [3.63, 3.8) is 0 Å². The van der Waals surface area contributed by atoms with Gasteiger partial charge in [0.2, 0.25) is 0 Å². The molecule has 21 heavy (non-hydrogen) atoms. The van der Waals surface area contributed by atoms with Gasteiger partial charge in [-0.2, -0.15) is 0 Å². The van der Waals surface area contributed by atoms with E-state index >= 15 is 0 Å². The number of nitrogens with zero attached hydrogens (tertiary/aromatic N) is 2. The molecule has 2 bridgehead atoms. The highest BCUT2D eigenvalue weighted by Crippen LogP contribution is 2.29. The van der Waals surface area contributed by atoms with E-state index < -0.39 is 0 Å². The van der Waals surface area contributed by atoms with Crippen LogP contribution >= 0.6 is 24.8 Å². The second-order valence-corrected chi connectivity index (χ2v) is 5.93. The van der Waals surface area contributed by atoms with Crippen molar-refractivity contribution in [2.24, 2.45) is 0 Å². The Hall–Kier alpha value is -0.840. The molecular weight excluding hydrogens is 309 g/mol. The Bertz CT molecular complexity index is 486. The first-order valence-corrected chi connectivity index (χ1v) is 7.08. The molecule has 0 saturated carbocycles. The summed E-state index contributed by atoms with van der Waals surface area (Å²) in [5.41, 5.74) is 1.73. The Labute approximate surface area is 138 Å². The van der Waals surface area contributed by atoms with Crippen molar-refractivity contribution in [1.82, 2.24) is 15.2 Å². The van der Waals surface area contributed by atoms with Crippen LogP contribution in [-0.2, 0) is 0 Å². The SMILES string of the molecule is Cc1cncc(C(=O)N(C)C2CC3CCC(C2)N3)c1.Cl.Cl. The number of aryl methyl sites for hydroxylation is 1. The highest BCUT2D eigenvalue weighted by molar-refractivity contribution is 5.94. The van der Waals surface area contributed by atoms with E-state index in [1.165, 1.54) is 12.8 Å². The van der Waals surface area contributed by atoms with Crippen LogP contribution in [0.3, 0.4) is 0 Å². The van der Waals surface area contributed by atoms with Crippen molar-refractivity contribution < 1.29 is 4.79 Å². The third kappa shape index (κ3) is 3.87. The molecule has 6 heteroatoms. The summed E-state index contributed by atoms with van der Waals surface area (Å²) in [5, 5.41) is 3.61. The van der Waals surface area contributed by atoms with Gasteiger partial charge in [-0.15, -0.1) is 24.8 Å². The van der Waals surface area contributed by atoms with E-state index in [9.17, 15) is 4.79 Å². The Morgan fingerprint density at radius 3 is 2.43 bits per heavy atom. The fourth-order valence-electron chi connectivity index (χ4n) is 3.38. The van der Waals surface area contributed by atoms with Gasteiger partial charge in [-0.3, -0.25) is 9.78 Å². The zero-order valence-corrected chi connectivity index (χ0v) is 14.0. The fraction of sp³-hybridized carbons (Fsp3) is 0.600. The lowest BCUT2D eigenvalue weighted by Gasteiger charge is -2.35. The third-order valence-electron chi connectivity index (χ3n) is 4.44. The average Bonchev–Trinajstić information content (AvgIpc) is 2.76. The minimum absolute atomic E-state index is 0. The summed E-state index contributed by atoms with van der Waals surface area (Å²) in [6, 6.07) is 3.50. The maximum Gasteiger partial charge on any atom is 0.255 e. The Balaban J connectivity index is 0.00000110. The van der Waals surface area contributed by atoms with Crippen LogP contribution < -0.4 is 5.32 Å². The van der Waals surface area contributed by atoms with Crippen LogP contribution in [0.25, 0.3) is 0 Å². The number of nitrogens with one attached hydrogen (secondary N) is 1. The van der Waals surface area contributed by atoms with E-state index in [-0.39, 0.29) is 30.7 Å². The Morgan fingerprint density at radius 1 is 1.24 bits per heavy atom. The molecule has 2 aliphatic heterocycles. The number of piperidine rings is 1.